The lowest BCUT2D eigenvalue weighted by Crippen LogP contribution is -2.45. The SMILES string of the molecule is Cc1cc(OCC(=O)N2CCC(CNC(=O)CNC(=O)OC(C)(C)C)CC2)cc(C)c1Cl. The van der Waals surface area contributed by atoms with Crippen molar-refractivity contribution in [2.45, 2.75) is 53.1 Å². The molecule has 0 radical (unpaired) electrons. The predicted molar refractivity (Wildman–Crippen MR) is 123 cm³/mol. The zero-order valence-electron chi connectivity index (χ0n) is 19.5. The number of ether oxygens (including phenoxy) is 2. The molecule has 1 aromatic carbocycles. The second-order valence-electron chi connectivity index (χ2n) is 9.14. The molecule has 0 aromatic heterocycles. The van der Waals surface area contributed by atoms with Crippen molar-refractivity contribution in [2.24, 2.45) is 5.92 Å². The van der Waals surface area contributed by atoms with Gasteiger partial charge < -0.3 is 25.0 Å². The number of piperidine rings is 1. The molecule has 1 heterocycles. The topological polar surface area (TPSA) is 97.0 Å². The highest BCUT2D eigenvalue weighted by Crippen LogP contribution is 2.26. The molecule has 178 valence electrons. The molecule has 0 spiro atoms. The summed E-state index contributed by atoms with van der Waals surface area (Å²) >= 11 is 6.17. The van der Waals surface area contributed by atoms with Gasteiger partial charge in [-0.15, -0.1) is 0 Å². The van der Waals surface area contributed by atoms with Crippen LogP contribution in [-0.4, -0.2) is 61.2 Å². The van der Waals surface area contributed by atoms with E-state index in [0.29, 0.717) is 30.4 Å². The summed E-state index contributed by atoms with van der Waals surface area (Å²) in [6.45, 7) is 10.7. The number of nitrogens with one attached hydrogen (secondary N) is 2. The number of alkyl carbamates (subject to hydrolysis) is 1. The number of amides is 3. The summed E-state index contributed by atoms with van der Waals surface area (Å²) in [5.74, 6) is 0.595. The Hall–Kier alpha value is -2.48. The van der Waals surface area contributed by atoms with Gasteiger partial charge in [0.05, 0.1) is 6.54 Å². The highest BCUT2D eigenvalue weighted by molar-refractivity contribution is 6.32. The third-order valence-electron chi connectivity index (χ3n) is 5.12. The fraction of sp³-hybridized carbons (Fsp3) is 0.609. The lowest BCUT2D eigenvalue weighted by Gasteiger charge is -2.32. The van der Waals surface area contributed by atoms with Crippen molar-refractivity contribution in [3.05, 3.63) is 28.3 Å². The fourth-order valence-corrected chi connectivity index (χ4v) is 3.51. The number of halogens is 1. The third kappa shape index (κ3) is 8.57. The van der Waals surface area contributed by atoms with Crippen molar-refractivity contribution in [3.63, 3.8) is 0 Å². The van der Waals surface area contributed by atoms with Crippen molar-refractivity contribution >= 4 is 29.5 Å². The monoisotopic (exact) mass is 467 g/mol. The van der Waals surface area contributed by atoms with Crippen molar-refractivity contribution in [1.29, 1.82) is 0 Å². The van der Waals surface area contributed by atoms with Gasteiger partial charge >= 0.3 is 6.09 Å². The van der Waals surface area contributed by atoms with Gasteiger partial charge in [-0.3, -0.25) is 9.59 Å². The summed E-state index contributed by atoms with van der Waals surface area (Å²) in [6.07, 6.45) is 0.973. The quantitative estimate of drug-likeness (QED) is 0.641. The number of likely N-dealkylation sites (tertiary alicyclic amines) is 1. The summed E-state index contributed by atoms with van der Waals surface area (Å²) < 4.78 is 10.8. The molecule has 0 atom stereocenters. The minimum Gasteiger partial charge on any atom is -0.484 e. The van der Waals surface area contributed by atoms with Gasteiger partial charge in [-0.1, -0.05) is 11.6 Å². The third-order valence-corrected chi connectivity index (χ3v) is 5.72. The van der Waals surface area contributed by atoms with E-state index in [1.165, 1.54) is 0 Å². The second-order valence-corrected chi connectivity index (χ2v) is 9.52. The van der Waals surface area contributed by atoms with E-state index >= 15 is 0 Å². The minimum absolute atomic E-state index is 0.0156. The summed E-state index contributed by atoms with van der Waals surface area (Å²) in [5, 5.41) is 5.97. The first kappa shape index (κ1) is 25.8. The Morgan fingerprint density at radius 3 is 2.25 bits per heavy atom. The molecule has 1 aliphatic rings. The number of hydrogen-bond donors (Lipinski definition) is 2. The van der Waals surface area contributed by atoms with E-state index in [0.717, 1.165) is 24.0 Å². The smallest absolute Gasteiger partial charge is 0.408 e. The highest BCUT2D eigenvalue weighted by atomic mass is 35.5. The lowest BCUT2D eigenvalue weighted by molar-refractivity contribution is -0.135. The van der Waals surface area contributed by atoms with Gasteiger partial charge in [0.1, 0.15) is 11.4 Å². The summed E-state index contributed by atoms with van der Waals surface area (Å²) in [7, 11) is 0. The molecule has 9 heteroatoms. The van der Waals surface area contributed by atoms with E-state index in [4.69, 9.17) is 21.1 Å². The molecular weight excluding hydrogens is 434 g/mol. The zero-order chi connectivity index (χ0) is 23.9. The first-order valence-electron chi connectivity index (χ1n) is 10.9. The molecule has 1 aliphatic heterocycles. The Morgan fingerprint density at radius 2 is 1.69 bits per heavy atom. The van der Waals surface area contributed by atoms with Gasteiger partial charge in [0.15, 0.2) is 6.61 Å². The molecule has 0 aliphatic carbocycles. The molecule has 3 amide bonds. The van der Waals surface area contributed by atoms with Crippen molar-refractivity contribution in [3.8, 4) is 5.75 Å². The molecule has 2 N–H and O–H groups in total. The largest absolute Gasteiger partial charge is 0.484 e. The van der Waals surface area contributed by atoms with Crippen LogP contribution in [-0.2, 0) is 14.3 Å². The van der Waals surface area contributed by atoms with Gasteiger partial charge in [0.25, 0.3) is 5.91 Å². The minimum atomic E-state index is -0.620. The average Bonchev–Trinajstić information content (AvgIpc) is 2.72. The lowest BCUT2D eigenvalue weighted by atomic mass is 9.97. The van der Waals surface area contributed by atoms with Crippen LogP contribution >= 0.6 is 11.6 Å². The molecule has 32 heavy (non-hydrogen) atoms. The fourth-order valence-electron chi connectivity index (χ4n) is 3.40. The number of carbonyl (C=O) groups excluding carboxylic acids is 3. The molecule has 2 rings (SSSR count). The van der Waals surface area contributed by atoms with Crippen LogP contribution in [0.15, 0.2) is 12.1 Å². The van der Waals surface area contributed by atoms with Crippen molar-refractivity contribution in [2.75, 3.05) is 32.8 Å². The van der Waals surface area contributed by atoms with Crippen molar-refractivity contribution < 1.29 is 23.9 Å². The summed E-state index contributed by atoms with van der Waals surface area (Å²) in [4.78, 5) is 37.8. The summed E-state index contributed by atoms with van der Waals surface area (Å²) in [6, 6.07) is 3.66. The van der Waals surface area contributed by atoms with Crippen LogP contribution in [0.4, 0.5) is 4.79 Å². The van der Waals surface area contributed by atoms with Crippen LogP contribution in [0.5, 0.6) is 5.75 Å². The number of nitrogens with zero attached hydrogens (tertiary/aromatic N) is 1. The standard InChI is InChI=1S/C23H34ClN3O5/c1-15-10-18(11-16(2)21(15)24)31-14-20(29)27-8-6-17(7-9-27)12-25-19(28)13-26-22(30)32-23(3,4)5/h10-11,17H,6-9,12-14H2,1-5H3,(H,25,28)(H,26,30). The zero-order valence-corrected chi connectivity index (χ0v) is 20.3. The van der Waals surface area contributed by atoms with E-state index in [1.54, 1.807) is 25.7 Å². The van der Waals surface area contributed by atoms with E-state index in [1.807, 2.05) is 26.0 Å². The second kappa shape index (κ2) is 11.4. The molecule has 0 unspecified atom stereocenters. The molecule has 0 bridgehead atoms. The Labute approximate surface area is 195 Å². The normalized spacial score (nSPS) is 14.6. The molecule has 1 aromatic rings. The van der Waals surface area contributed by atoms with E-state index in [2.05, 4.69) is 10.6 Å². The molecule has 1 saturated heterocycles. The number of hydrogen-bond acceptors (Lipinski definition) is 5. The van der Waals surface area contributed by atoms with Crippen LogP contribution in [0, 0.1) is 19.8 Å². The number of aryl methyl sites for hydroxylation is 2. The number of benzene rings is 1. The maximum atomic E-state index is 12.5. The van der Waals surface area contributed by atoms with E-state index in [-0.39, 0.29) is 30.9 Å². The number of carbonyl (C=O) groups is 3. The van der Waals surface area contributed by atoms with Gasteiger partial charge in [-0.2, -0.15) is 0 Å². The number of rotatable bonds is 7. The van der Waals surface area contributed by atoms with Crippen LogP contribution in [0.25, 0.3) is 0 Å². The predicted octanol–water partition coefficient (Wildman–Crippen LogP) is 3.22. The molecular formula is C23H34ClN3O5. The Bertz CT molecular complexity index is 806. The van der Waals surface area contributed by atoms with Crippen LogP contribution < -0.4 is 15.4 Å². The maximum Gasteiger partial charge on any atom is 0.408 e. The molecule has 0 saturated carbocycles. The van der Waals surface area contributed by atoms with Gasteiger partial charge in [-0.25, -0.2) is 4.79 Å². The Kier molecular flexibility index (Phi) is 9.19. The van der Waals surface area contributed by atoms with Crippen LogP contribution in [0.3, 0.4) is 0 Å². The van der Waals surface area contributed by atoms with Crippen molar-refractivity contribution in [1.82, 2.24) is 15.5 Å². The highest BCUT2D eigenvalue weighted by Gasteiger charge is 2.24. The molecule has 8 nitrogen and oxygen atoms in total. The van der Waals surface area contributed by atoms with Gasteiger partial charge in [0, 0.05) is 24.7 Å². The average molecular weight is 468 g/mol. The Morgan fingerprint density at radius 1 is 1.09 bits per heavy atom. The molecule has 1 fully saturated rings. The van der Waals surface area contributed by atoms with Gasteiger partial charge in [-0.05, 0) is 76.6 Å². The summed E-state index contributed by atoms with van der Waals surface area (Å²) in [5.41, 5.74) is 1.22. The first-order valence-corrected chi connectivity index (χ1v) is 11.2. The Balaban J connectivity index is 1.66. The van der Waals surface area contributed by atoms with Crippen LogP contribution in [0.2, 0.25) is 5.02 Å². The van der Waals surface area contributed by atoms with Gasteiger partial charge in [0.2, 0.25) is 5.91 Å². The van der Waals surface area contributed by atoms with E-state index < -0.39 is 11.7 Å². The van der Waals surface area contributed by atoms with Crippen LogP contribution in [0.1, 0.15) is 44.7 Å². The van der Waals surface area contributed by atoms with E-state index in [9.17, 15) is 14.4 Å². The first-order chi connectivity index (χ1) is 14.9. The maximum absolute atomic E-state index is 12.5.